The number of halogens is 1. The zero-order valence-electron chi connectivity index (χ0n) is 43.0. The average Bonchev–Trinajstić information content (AvgIpc) is 3.79. The van der Waals surface area contributed by atoms with Crippen LogP contribution in [0.4, 0.5) is 40.5 Å². The van der Waals surface area contributed by atoms with Crippen LogP contribution in [0.2, 0.25) is 0 Å². The summed E-state index contributed by atoms with van der Waals surface area (Å²) in [6, 6.07) is 8.44. The summed E-state index contributed by atoms with van der Waals surface area (Å²) in [7, 11) is 3.39. The lowest BCUT2D eigenvalue weighted by Crippen LogP contribution is -2.56. The Labute approximate surface area is 447 Å². The summed E-state index contributed by atoms with van der Waals surface area (Å²) in [5.41, 5.74) is 5.55. The number of nitrogens with zero attached hydrogens (tertiary/aromatic N) is 13. The lowest BCUT2D eigenvalue weighted by atomic mass is 9.98. The smallest absolute Gasteiger partial charge is 0.302 e. The van der Waals surface area contributed by atoms with Crippen molar-refractivity contribution >= 4 is 68.3 Å². The zero-order valence-corrected chi connectivity index (χ0v) is 44.6. The van der Waals surface area contributed by atoms with Crippen LogP contribution in [-0.4, -0.2) is 158 Å². The van der Waals surface area contributed by atoms with Gasteiger partial charge in [0.05, 0.1) is 63.3 Å². The highest BCUT2D eigenvalue weighted by Gasteiger charge is 2.34. The normalized spacial score (nSPS) is 18.2. The standard InChI is InChI=1S/C36H41N9O5.C17H21BrN6O2/c1-23(46)50-22-28-27(7-8-37-34(28)45-14-13-44-30-6-4-3-5-24(30)16-31(44)36(45)48)25-15-29(35(47)41(2)19-25)40-32-17-39-33(18-38-32)43-11-9-42(10-12-43)26-20-49-21-26;1-22-9-12(18)6-14(17(22)25)21-15-7-20-16(8-19-15)24-4-2-23(3-5-24)13-10-26-11-13/h7-8,15-19,26H,3-6,9-14,20-22H2,1-2H3,(H,38,40);6-9,13H,2-5,10-11H2,1H3,(H,19,21). The second-order valence-corrected chi connectivity index (χ2v) is 20.9. The highest BCUT2D eigenvalue weighted by molar-refractivity contribution is 9.10. The predicted molar refractivity (Wildman–Crippen MR) is 290 cm³/mol. The number of fused-ring (bicyclic) bond motifs is 3. The Morgan fingerprint density at radius 3 is 1.83 bits per heavy atom. The molecule has 0 bridgehead atoms. The van der Waals surface area contributed by atoms with Gasteiger partial charge in [-0.05, 0) is 77.0 Å². The molecule has 4 fully saturated rings. The van der Waals surface area contributed by atoms with Gasteiger partial charge in [-0.15, -0.1) is 0 Å². The Morgan fingerprint density at radius 1 is 0.697 bits per heavy atom. The maximum Gasteiger partial charge on any atom is 0.302 e. The molecule has 0 saturated carbocycles. The van der Waals surface area contributed by atoms with Crippen LogP contribution >= 0.6 is 15.9 Å². The zero-order chi connectivity index (χ0) is 52.5. The van der Waals surface area contributed by atoms with Gasteiger partial charge in [0.1, 0.15) is 52.8 Å². The molecule has 0 aromatic carbocycles. The molecule has 2 N–H and O–H groups in total. The number of carbonyl (C=O) groups is 2. The van der Waals surface area contributed by atoms with Crippen LogP contribution in [0, 0.1) is 0 Å². The van der Waals surface area contributed by atoms with Crippen LogP contribution in [0.1, 0.15) is 47.1 Å². The van der Waals surface area contributed by atoms with Gasteiger partial charge in [0, 0.05) is 126 Å². The molecule has 76 heavy (non-hydrogen) atoms. The molecule has 4 saturated heterocycles. The Balaban J connectivity index is 0.000000199. The molecule has 1 amide bonds. The number of esters is 1. The Bertz CT molecular complexity index is 3220. The summed E-state index contributed by atoms with van der Waals surface area (Å²) in [6.45, 7) is 13.2. The fourth-order valence-electron chi connectivity index (χ4n) is 10.7. The molecule has 12 rings (SSSR count). The monoisotopic (exact) mass is 1100 g/mol. The molecule has 11 heterocycles. The number of amides is 1. The molecule has 5 aliphatic heterocycles. The molecule has 0 unspecified atom stereocenters. The van der Waals surface area contributed by atoms with Gasteiger partial charge >= 0.3 is 5.97 Å². The molecule has 6 aliphatic rings. The number of anilines is 7. The van der Waals surface area contributed by atoms with E-state index in [2.05, 4.69) is 75.7 Å². The SMILES string of the molecule is CC(=O)OCc1c(-c2cc(Nc3cnc(N4CCN(C5COC5)CC4)cn3)c(=O)n(C)c2)ccnc1N1CCn2c(cc3c2CCCC3)C1=O.Cn1cc(Br)cc(Nc2cnc(N3CCN(C4COC4)CC3)cn2)c1=O. The fourth-order valence-corrected chi connectivity index (χ4v) is 11.3. The number of hydrogen-bond donors (Lipinski definition) is 2. The number of nitrogens with one attached hydrogen (secondary N) is 2. The first-order valence-corrected chi connectivity index (χ1v) is 26.8. The van der Waals surface area contributed by atoms with Crippen molar-refractivity contribution in [3.63, 3.8) is 0 Å². The maximum atomic E-state index is 14.0. The highest BCUT2D eigenvalue weighted by Crippen LogP contribution is 2.35. The first-order valence-electron chi connectivity index (χ1n) is 26.0. The van der Waals surface area contributed by atoms with Gasteiger partial charge < -0.3 is 48.3 Å². The number of aryl methyl sites for hydroxylation is 3. The second kappa shape index (κ2) is 22.3. The minimum Gasteiger partial charge on any atom is -0.461 e. The number of piperazine rings is 2. The minimum atomic E-state index is -0.447. The van der Waals surface area contributed by atoms with E-state index in [1.165, 1.54) is 27.3 Å². The van der Waals surface area contributed by atoms with Crippen molar-refractivity contribution in [1.29, 1.82) is 0 Å². The van der Waals surface area contributed by atoms with Gasteiger partial charge in [0.2, 0.25) is 0 Å². The van der Waals surface area contributed by atoms with Crippen LogP contribution in [0.25, 0.3) is 11.1 Å². The lowest BCUT2D eigenvalue weighted by Gasteiger charge is -2.42. The van der Waals surface area contributed by atoms with Gasteiger partial charge in [0.15, 0.2) is 0 Å². The summed E-state index contributed by atoms with van der Waals surface area (Å²) < 4.78 is 22.1. The summed E-state index contributed by atoms with van der Waals surface area (Å²) in [4.78, 5) is 85.4. The highest BCUT2D eigenvalue weighted by atomic mass is 79.9. The molecule has 0 atom stereocenters. The second-order valence-electron chi connectivity index (χ2n) is 20.0. The van der Waals surface area contributed by atoms with Crippen molar-refractivity contribution in [3.05, 3.63) is 115 Å². The van der Waals surface area contributed by atoms with E-state index in [0.29, 0.717) is 76.4 Å². The Kier molecular flexibility index (Phi) is 15.0. The first-order chi connectivity index (χ1) is 36.9. The van der Waals surface area contributed by atoms with E-state index in [9.17, 15) is 19.2 Å². The van der Waals surface area contributed by atoms with Crippen molar-refractivity contribution in [2.75, 3.05) is 111 Å². The summed E-state index contributed by atoms with van der Waals surface area (Å²) in [5.74, 6) is 2.51. The average molecular weight is 1100 g/mol. The molecule has 0 radical (unpaired) electrons. The van der Waals surface area contributed by atoms with Crippen molar-refractivity contribution in [1.82, 2.24) is 48.4 Å². The molecule has 398 valence electrons. The first kappa shape index (κ1) is 51.1. The third-order valence-electron chi connectivity index (χ3n) is 15.1. The third-order valence-corrected chi connectivity index (χ3v) is 15.6. The van der Waals surface area contributed by atoms with Gasteiger partial charge in [-0.2, -0.15) is 0 Å². The van der Waals surface area contributed by atoms with Gasteiger partial charge in [-0.1, -0.05) is 0 Å². The van der Waals surface area contributed by atoms with E-state index in [-0.39, 0.29) is 23.6 Å². The maximum absolute atomic E-state index is 14.0. The van der Waals surface area contributed by atoms with E-state index in [1.54, 1.807) is 74.5 Å². The number of carbonyl (C=O) groups excluding carboxylic acids is 2. The molecule has 23 heteroatoms. The van der Waals surface area contributed by atoms with Crippen molar-refractivity contribution in [3.8, 4) is 11.1 Å². The summed E-state index contributed by atoms with van der Waals surface area (Å²) in [6.07, 6.45) is 16.1. The van der Waals surface area contributed by atoms with Gasteiger partial charge in [-0.3, -0.25) is 33.9 Å². The van der Waals surface area contributed by atoms with E-state index in [4.69, 9.17) is 14.2 Å². The molecular weight excluding hydrogens is 1040 g/mol. The molecule has 1 aliphatic carbocycles. The van der Waals surface area contributed by atoms with E-state index < -0.39 is 5.97 Å². The predicted octanol–water partition coefficient (Wildman–Crippen LogP) is 4.11. The quantitative estimate of drug-likeness (QED) is 0.165. The molecule has 6 aromatic rings. The number of hydrogen-bond acceptors (Lipinski definition) is 18. The number of aromatic nitrogens is 8. The third kappa shape index (κ3) is 10.8. The Morgan fingerprint density at radius 2 is 1.28 bits per heavy atom. The molecule has 0 spiro atoms. The van der Waals surface area contributed by atoms with Crippen LogP contribution < -0.4 is 36.5 Å². The van der Waals surface area contributed by atoms with Crippen LogP contribution in [0.3, 0.4) is 0 Å². The van der Waals surface area contributed by atoms with Crippen molar-refractivity contribution < 1.29 is 23.8 Å². The van der Waals surface area contributed by atoms with E-state index in [1.807, 2.05) is 12.1 Å². The molecular formula is C53H62BrN15O7. The fraction of sp³-hybridized carbons (Fsp3) is 0.453. The van der Waals surface area contributed by atoms with Crippen LogP contribution in [0.15, 0.2) is 81.7 Å². The Hall–Kier alpha value is -7.05. The largest absolute Gasteiger partial charge is 0.461 e. The lowest BCUT2D eigenvalue weighted by molar-refractivity contribution is -0.142. The van der Waals surface area contributed by atoms with Crippen LogP contribution in [0.5, 0.6) is 0 Å². The molecule has 22 nitrogen and oxygen atoms in total. The van der Waals surface area contributed by atoms with E-state index >= 15 is 0 Å². The van der Waals surface area contributed by atoms with Gasteiger partial charge in [-0.25, -0.2) is 24.9 Å². The summed E-state index contributed by atoms with van der Waals surface area (Å²) in [5, 5.41) is 6.21. The number of pyridine rings is 3. The minimum absolute atomic E-state index is 0.0869. The van der Waals surface area contributed by atoms with Crippen LogP contribution in [-0.2, 0) is 59.1 Å². The number of ether oxygens (including phenoxy) is 3. The summed E-state index contributed by atoms with van der Waals surface area (Å²) >= 11 is 3.39. The van der Waals surface area contributed by atoms with Gasteiger partial charge in [0.25, 0.3) is 17.0 Å². The molecule has 6 aromatic heterocycles. The van der Waals surface area contributed by atoms with Crippen molar-refractivity contribution in [2.45, 2.75) is 57.8 Å². The van der Waals surface area contributed by atoms with Crippen molar-refractivity contribution in [2.24, 2.45) is 14.1 Å². The topological polar surface area (TPSA) is 215 Å². The van der Waals surface area contributed by atoms with E-state index in [0.717, 1.165) is 121 Å². The number of rotatable bonds is 12.